The summed E-state index contributed by atoms with van der Waals surface area (Å²) in [5.41, 5.74) is 7.77. The first kappa shape index (κ1) is 16.0. The number of aryl methyl sites for hydroxylation is 2. The zero-order valence-corrected chi connectivity index (χ0v) is 14.6. The number of hydrazone groups is 1. The molecule has 5 nitrogen and oxygen atoms in total. The third-order valence-electron chi connectivity index (χ3n) is 4.40. The number of aromatic amines is 1. The number of hydrogen-bond donors (Lipinski definition) is 2. The second kappa shape index (κ2) is 6.44. The second-order valence-corrected chi connectivity index (χ2v) is 6.31. The number of rotatable bonds is 3. The van der Waals surface area contributed by atoms with Crippen LogP contribution in [0.3, 0.4) is 0 Å². The van der Waals surface area contributed by atoms with Gasteiger partial charge in [-0.05, 0) is 38.1 Å². The second-order valence-electron chi connectivity index (χ2n) is 6.31. The molecule has 4 aromatic rings. The molecule has 0 fully saturated rings. The van der Waals surface area contributed by atoms with Gasteiger partial charge in [0.15, 0.2) is 0 Å². The van der Waals surface area contributed by atoms with Gasteiger partial charge in [0.05, 0.1) is 23.0 Å². The number of carbonyl (C=O) groups excluding carboxylic acids is 1. The Morgan fingerprint density at radius 3 is 2.88 bits per heavy atom. The summed E-state index contributed by atoms with van der Waals surface area (Å²) in [5.74, 6) is -0.269. The lowest BCUT2D eigenvalue weighted by Gasteiger charge is -2.06. The summed E-state index contributed by atoms with van der Waals surface area (Å²) in [6.45, 7) is 3.85. The molecule has 5 heteroatoms. The maximum absolute atomic E-state index is 12.5. The number of hydrogen-bond acceptors (Lipinski definition) is 3. The van der Waals surface area contributed by atoms with Crippen LogP contribution in [0, 0.1) is 13.8 Å². The first-order chi connectivity index (χ1) is 12.6. The van der Waals surface area contributed by atoms with Gasteiger partial charge in [-0.15, -0.1) is 0 Å². The van der Waals surface area contributed by atoms with Crippen molar-refractivity contribution in [2.45, 2.75) is 13.8 Å². The number of pyridine rings is 1. The molecule has 0 unspecified atom stereocenters. The summed E-state index contributed by atoms with van der Waals surface area (Å²) in [4.78, 5) is 20.2. The molecule has 0 aliphatic carbocycles. The average Bonchev–Trinajstić information content (AvgIpc) is 3.05. The molecule has 4 rings (SSSR count). The largest absolute Gasteiger partial charge is 0.361 e. The number of para-hydroxylation sites is 1. The highest BCUT2D eigenvalue weighted by Crippen LogP contribution is 2.18. The van der Waals surface area contributed by atoms with Crippen LogP contribution < -0.4 is 5.43 Å². The van der Waals surface area contributed by atoms with Crippen LogP contribution in [0.15, 0.2) is 59.8 Å². The minimum atomic E-state index is -0.269. The van der Waals surface area contributed by atoms with Crippen LogP contribution in [0.2, 0.25) is 0 Å². The molecule has 0 saturated carbocycles. The highest BCUT2D eigenvalue weighted by molar-refractivity contribution is 6.01. The van der Waals surface area contributed by atoms with E-state index in [0.29, 0.717) is 11.3 Å². The van der Waals surface area contributed by atoms with Gasteiger partial charge in [-0.2, -0.15) is 5.10 Å². The van der Waals surface area contributed by atoms with Crippen LogP contribution in [0.1, 0.15) is 27.2 Å². The van der Waals surface area contributed by atoms with Crippen LogP contribution in [-0.4, -0.2) is 22.1 Å². The number of nitrogens with zero attached hydrogens (tertiary/aromatic N) is 2. The minimum Gasteiger partial charge on any atom is -0.361 e. The van der Waals surface area contributed by atoms with Crippen LogP contribution in [0.5, 0.6) is 0 Å². The lowest BCUT2D eigenvalue weighted by molar-refractivity contribution is 0.0954. The zero-order valence-electron chi connectivity index (χ0n) is 14.6. The summed E-state index contributed by atoms with van der Waals surface area (Å²) in [5, 5.41) is 6.11. The molecule has 2 aromatic heterocycles. The van der Waals surface area contributed by atoms with Crippen molar-refractivity contribution in [3.8, 4) is 0 Å². The number of H-pyrrole nitrogens is 1. The highest BCUT2D eigenvalue weighted by atomic mass is 16.2. The molecule has 0 saturated heterocycles. The van der Waals surface area contributed by atoms with Gasteiger partial charge in [0.25, 0.3) is 5.91 Å². The molecule has 0 atom stereocenters. The van der Waals surface area contributed by atoms with E-state index in [-0.39, 0.29) is 5.91 Å². The van der Waals surface area contributed by atoms with Gasteiger partial charge in [-0.1, -0.05) is 29.8 Å². The lowest BCUT2D eigenvalue weighted by atomic mass is 10.1. The summed E-state index contributed by atoms with van der Waals surface area (Å²) in [7, 11) is 0. The van der Waals surface area contributed by atoms with Crippen LogP contribution in [0.4, 0.5) is 0 Å². The summed E-state index contributed by atoms with van der Waals surface area (Å²) in [6.07, 6.45) is 3.51. The Bertz CT molecular complexity index is 1160. The molecule has 0 aliphatic heterocycles. The summed E-state index contributed by atoms with van der Waals surface area (Å²) in [6, 6.07) is 15.8. The Morgan fingerprint density at radius 2 is 2.00 bits per heavy atom. The van der Waals surface area contributed by atoms with E-state index >= 15 is 0 Å². The molecule has 0 bridgehead atoms. The predicted molar refractivity (Wildman–Crippen MR) is 105 cm³/mol. The molecule has 2 aromatic carbocycles. The van der Waals surface area contributed by atoms with E-state index in [1.807, 2.05) is 68.6 Å². The third-order valence-corrected chi connectivity index (χ3v) is 4.40. The standard InChI is InChI=1S/C21H18N4O/c1-13-7-8-19-15(9-13)10-18(14(2)24-19)21(26)25-23-12-16-11-22-20-6-4-3-5-17(16)20/h3-12,22H,1-2H3,(H,25,26)/b23-12+. The van der Waals surface area contributed by atoms with Gasteiger partial charge in [-0.3, -0.25) is 9.78 Å². The monoisotopic (exact) mass is 342 g/mol. The zero-order chi connectivity index (χ0) is 18.1. The number of nitrogens with one attached hydrogen (secondary N) is 2. The van der Waals surface area contributed by atoms with Crippen molar-refractivity contribution in [2.24, 2.45) is 5.10 Å². The van der Waals surface area contributed by atoms with Crippen molar-refractivity contribution >= 4 is 33.9 Å². The summed E-state index contributed by atoms with van der Waals surface area (Å²) >= 11 is 0. The predicted octanol–water partition coefficient (Wildman–Crippen LogP) is 4.10. The Hall–Kier alpha value is -3.47. The van der Waals surface area contributed by atoms with Gasteiger partial charge in [-0.25, -0.2) is 5.43 Å². The number of aromatic nitrogens is 2. The van der Waals surface area contributed by atoms with Crippen molar-refractivity contribution < 1.29 is 4.79 Å². The normalized spacial score (nSPS) is 11.5. The van der Waals surface area contributed by atoms with Crippen molar-refractivity contribution in [1.29, 1.82) is 0 Å². The molecular weight excluding hydrogens is 324 g/mol. The van der Waals surface area contributed by atoms with Crippen molar-refractivity contribution in [1.82, 2.24) is 15.4 Å². The fourth-order valence-corrected chi connectivity index (χ4v) is 3.04. The third kappa shape index (κ3) is 2.95. The Kier molecular flexibility index (Phi) is 3.97. The average molecular weight is 342 g/mol. The fourth-order valence-electron chi connectivity index (χ4n) is 3.04. The Balaban J connectivity index is 1.58. The van der Waals surface area contributed by atoms with Crippen molar-refractivity contribution in [2.75, 3.05) is 0 Å². The van der Waals surface area contributed by atoms with Gasteiger partial charge in [0.2, 0.25) is 0 Å². The number of benzene rings is 2. The molecule has 26 heavy (non-hydrogen) atoms. The molecule has 2 heterocycles. The van der Waals surface area contributed by atoms with E-state index in [0.717, 1.165) is 32.9 Å². The van der Waals surface area contributed by atoms with E-state index in [1.165, 1.54) is 0 Å². The van der Waals surface area contributed by atoms with Gasteiger partial charge in [0.1, 0.15) is 0 Å². The van der Waals surface area contributed by atoms with Crippen LogP contribution in [-0.2, 0) is 0 Å². The number of fused-ring (bicyclic) bond motifs is 2. The topological polar surface area (TPSA) is 70.1 Å². The lowest BCUT2D eigenvalue weighted by Crippen LogP contribution is -2.19. The molecule has 128 valence electrons. The SMILES string of the molecule is Cc1ccc2nc(C)c(C(=O)N/N=C/c3c[nH]c4ccccc34)cc2c1. The van der Waals surface area contributed by atoms with E-state index < -0.39 is 0 Å². The number of amides is 1. The maximum atomic E-state index is 12.5. The molecule has 1 amide bonds. The van der Waals surface area contributed by atoms with Gasteiger partial charge < -0.3 is 4.98 Å². The Labute approximate surface area is 150 Å². The quantitative estimate of drug-likeness (QED) is 0.435. The van der Waals surface area contributed by atoms with Crippen molar-refractivity contribution in [3.63, 3.8) is 0 Å². The minimum absolute atomic E-state index is 0.269. The molecule has 0 radical (unpaired) electrons. The smallest absolute Gasteiger partial charge is 0.273 e. The van der Waals surface area contributed by atoms with Gasteiger partial charge in [0, 0.05) is 28.0 Å². The molecule has 0 aliphatic rings. The maximum Gasteiger partial charge on any atom is 0.273 e. The highest BCUT2D eigenvalue weighted by Gasteiger charge is 2.11. The molecule has 2 N–H and O–H groups in total. The first-order valence-electron chi connectivity index (χ1n) is 8.39. The number of carbonyl (C=O) groups is 1. The van der Waals surface area contributed by atoms with Gasteiger partial charge >= 0.3 is 0 Å². The Morgan fingerprint density at radius 1 is 1.15 bits per heavy atom. The van der Waals surface area contributed by atoms with E-state index in [1.54, 1.807) is 6.21 Å². The van der Waals surface area contributed by atoms with E-state index in [9.17, 15) is 4.79 Å². The van der Waals surface area contributed by atoms with Crippen LogP contribution >= 0.6 is 0 Å². The fraction of sp³-hybridized carbons (Fsp3) is 0.0952. The van der Waals surface area contributed by atoms with E-state index in [2.05, 4.69) is 20.5 Å². The molecular formula is C21H18N4O. The van der Waals surface area contributed by atoms with Crippen LogP contribution in [0.25, 0.3) is 21.8 Å². The van der Waals surface area contributed by atoms with Crippen molar-refractivity contribution in [3.05, 3.63) is 77.1 Å². The summed E-state index contributed by atoms with van der Waals surface area (Å²) < 4.78 is 0. The first-order valence-corrected chi connectivity index (χ1v) is 8.39. The van der Waals surface area contributed by atoms with E-state index in [4.69, 9.17) is 0 Å². The molecule has 0 spiro atoms.